The van der Waals surface area contributed by atoms with Gasteiger partial charge in [-0.2, -0.15) is 0 Å². The van der Waals surface area contributed by atoms with E-state index in [0.29, 0.717) is 22.6 Å². The molecular weight excluding hydrogens is 408 g/mol. The molecule has 160 valence electrons. The second kappa shape index (κ2) is 7.85. The first-order valence-corrected chi connectivity index (χ1v) is 10.2. The lowest BCUT2D eigenvalue weighted by Gasteiger charge is -2.27. The normalized spacial score (nSPS) is 19.2. The molecule has 2 aliphatic rings. The van der Waals surface area contributed by atoms with Crippen LogP contribution in [0.4, 0.5) is 4.79 Å². The van der Waals surface area contributed by atoms with Crippen molar-refractivity contribution in [3.8, 4) is 11.5 Å². The van der Waals surface area contributed by atoms with E-state index in [0.717, 1.165) is 10.5 Å². The number of ether oxygens (including phenoxy) is 2. The average Bonchev–Trinajstić information content (AvgIpc) is 3.38. The Labute approximate surface area is 184 Å². The molecule has 3 aromatic rings. The van der Waals surface area contributed by atoms with Crippen LogP contribution in [0, 0.1) is 0 Å². The Hall–Kier alpha value is -4.13. The summed E-state index contributed by atoms with van der Waals surface area (Å²) >= 11 is 0. The molecule has 1 N–H and O–H groups in total. The lowest BCUT2D eigenvalue weighted by Crippen LogP contribution is -2.46. The van der Waals surface area contributed by atoms with E-state index >= 15 is 0 Å². The molecule has 0 radical (unpaired) electrons. The summed E-state index contributed by atoms with van der Waals surface area (Å²) in [7, 11) is 0. The third-order valence-electron chi connectivity index (χ3n) is 5.75. The zero-order chi connectivity index (χ0) is 22.1. The fourth-order valence-electron chi connectivity index (χ4n) is 4.12. The number of hydrogen-bond acceptors (Lipinski definition) is 5. The van der Waals surface area contributed by atoms with Crippen LogP contribution >= 0.6 is 0 Å². The van der Waals surface area contributed by atoms with Gasteiger partial charge < -0.3 is 14.8 Å². The van der Waals surface area contributed by atoms with Crippen LogP contribution in [0.25, 0.3) is 0 Å². The Kier molecular flexibility index (Phi) is 4.86. The Morgan fingerprint density at radius 2 is 1.59 bits per heavy atom. The molecule has 32 heavy (non-hydrogen) atoms. The standard InChI is InChI=1S/C25H20N2O5/c28-20(18-11-12-21-22(13-18)32-16-31-21)15-27-23(29)25(26-24(27)30,19-9-5-2-6-10-19)14-17-7-3-1-4-8-17/h1-13H,14-16H2,(H,26,30). The van der Waals surface area contributed by atoms with E-state index in [1.54, 1.807) is 18.2 Å². The Bertz CT molecular complexity index is 1200. The smallest absolute Gasteiger partial charge is 0.325 e. The highest BCUT2D eigenvalue weighted by atomic mass is 16.7. The van der Waals surface area contributed by atoms with E-state index < -0.39 is 17.5 Å². The summed E-state index contributed by atoms with van der Waals surface area (Å²) in [6.07, 6.45) is 0.275. The van der Waals surface area contributed by atoms with Crippen LogP contribution in [-0.2, 0) is 16.8 Å². The van der Waals surface area contributed by atoms with Crippen LogP contribution in [0.5, 0.6) is 11.5 Å². The maximum absolute atomic E-state index is 13.6. The molecule has 7 heteroatoms. The van der Waals surface area contributed by atoms with Crippen molar-refractivity contribution in [1.29, 1.82) is 0 Å². The van der Waals surface area contributed by atoms with Crippen LogP contribution in [0.3, 0.4) is 0 Å². The molecule has 1 unspecified atom stereocenters. The molecule has 1 atom stereocenters. The third kappa shape index (κ3) is 3.37. The van der Waals surface area contributed by atoms with Gasteiger partial charge in [-0.1, -0.05) is 60.7 Å². The lowest BCUT2D eigenvalue weighted by molar-refractivity contribution is -0.131. The predicted octanol–water partition coefficient (Wildman–Crippen LogP) is 3.29. The largest absolute Gasteiger partial charge is 0.454 e. The van der Waals surface area contributed by atoms with Gasteiger partial charge in [0, 0.05) is 12.0 Å². The van der Waals surface area contributed by atoms with Crippen molar-refractivity contribution in [2.45, 2.75) is 12.0 Å². The highest BCUT2D eigenvalue weighted by Crippen LogP contribution is 2.35. The van der Waals surface area contributed by atoms with E-state index in [4.69, 9.17) is 9.47 Å². The second-order valence-electron chi connectivity index (χ2n) is 7.75. The molecule has 7 nitrogen and oxygen atoms in total. The molecule has 0 aromatic heterocycles. The van der Waals surface area contributed by atoms with Crippen molar-refractivity contribution in [2.75, 3.05) is 13.3 Å². The summed E-state index contributed by atoms with van der Waals surface area (Å²) in [5.74, 6) is 0.209. The number of nitrogens with one attached hydrogen (secondary N) is 1. The summed E-state index contributed by atoms with van der Waals surface area (Å²) in [5.41, 5.74) is 0.624. The summed E-state index contributed by atoms with van der Waals surface area (Å²) in [5, 5.41) is 2.87. The first kappa shape index (κ1) is 19.8. The maximum atomic E-state index is 13.6. The monoisotopic (exact) mass is 428 g/mol. The first-order chi connectivity index (χ1) is 15.6. The van der Waals surface area contributed by atoms with Gasteiger partial charge >= 0.3 is 6.03 Å². The van der Waals surface area contributed by atoms with Gasteiger partial charge in [0.15, 0.2) is 22.8 Å². The fourth-order valence-corrected chi connectivity index (χ4v) is 4.12. The van der Waals surface area contributed by atoms with Gasteiger partial charge in [0.2, 0.25) is 6.79 Å². The average molecular weight is 428 g/mol. The number of imide groups is 1. The van der Waals surface area contributed by atoms with Crippen LogP contribution < -0.4 is 14.8 Å². The van der Waals surface area contributed by atoms with Gasteiger partial charge in [-0.15, -0.1) is 0 Å². The number of ketones is 1. The summed E-state index contributed by atoms with van der Waals surface area (Å²) in [4.78, 5) is 40.5. The third-order valence-corrected chi connectivity index (χ3v) is 5.75. The highest BCUT2D eigenvalue weighted by Gasteiger charge is 2.52. The minimum atomic E-state index is -1.28. The van der Waals surface area contributed by atoms with Gasteiger partial charge in [-0.25, -0.2) is 4.79 Å². The maximum Gasteiger partial charge on any atom is 0.325 e. The van der Waals surface area contributed by atoms with E-state index in [1.807, 2.05) is 60.7 Å². The zero-order valence-corrected chi connectivity index (χ0v) is 17.1. The highest BCUT2D eigenvalue weighted by molar-refractivity contribution is 6.11. The summed E-state index contributed by atoms with van der Waals surface area (Å²) < 4.78 is 10.6. The minimum Gasteiger partial charge on any atom is -0.454 e. The number of amides is 3. The Balaban J connectivity index is 1.45. The molecule has 0 bridgehead atoms. The molecule has 3 aromatic carbocycles. The number of benzene rings is 3. The molecule has 2 aliphatic heterocycles. The van der Waals surface area contributed by atoms with Crippen LogP contribution in [-0.4, -0.2) is 36.0 Å². The van der Waals surface area contributed by atoms with Crippen molar-refractivity contribution in [3.05, 3.63) is 95.6 Å². The predicted molar refractivity (Wildman–Crippen MR) is 115 cm³/mol. The van der Waals surface area contributed by atoms with Crippen molar-refractivity contribution < 1.29 is 23.9 Å². The molecule has 0 saturated carbocycles. The molecule has 3 amide bonds. The SMILES string of the molecule is O=C(CN1C(=O)NC(Cc2ccccc2)(c2ccccc2)C1=O)c1ccc2c(c1)OCO2. The Morgan fingerprint density at radius 1 is 0.906 bits per heavy atom. The first-order valence-electron chi connectivity index (χ1n) is 10.2. The molecular formula is C25H20N2O5. The van der Waals surface area contributed by atoms with Crippen molar-refractivity contribution in [2.24, 2.45) is 0 Å². The molecule has 1 fully saturated rings. The number of carbonyl (C=O) groups is 3. The second-order valence-corrected chi connectivity index (χ2v) is 7.75. The molecule has 0 aliphatic carbocycles. The van der Waals surface area contributed by atoms with Crippen LogP contribution in [0.1, 0.15) is 21.5 Å². The number of nitrogens with zero attached hydrogens (tertiary/aromatic N) is 1. The number of fused-ring (bicyclic) bond motifs is 1. The number of hydrogen-bond donors (Lipinski definition) is 1. The quantitative estimate of drug-likeness (QED) is 0.481. The number of urea groups is 1. The zero-order valence-electron chi connectivity index (χ0n) is 17.1. The topological polar surface area (TPSA) is 84.9 Å². The van der Waals surface area contributed by atoms with E-state index in [-0.39, 0.29) is 25.5 Å². The van der Waals surface area contributed by atoms with Crippen LogP contribution in [0.15, 0.2) is 78.9 Å². The van der Waals surface area contributed by atoms with Crippen molar-refractivity contribution in [3.63, 3.8) is 0 Å². The van der Waals surface area contributed by atoms with Gasteiger partial charge in [0.1, 0.15) is 0 Å². The number of carbonyl (C=O) groups excluding carboxylic acids is 3. The lowest BCUT2D eigenvalue weighted by atomic mass is 9.83. The molecule has 2 heterocycles. The van der Waals surface area contributed by atoms with Gasteiger partial charge in [-0.3, -0.25) is 14.5 Å². The minimum absolute atomic E-state index is 0.0963. The molecule has 5 rings (SSSR count). The van der Waals surface area contributed by atoms with E-state index in [2.05, 4.69) is 5.32 Å². The summed E-state index contributed by atoms with van der Waals surface area (Å²) in [6, 6.07) is 22.8. The van der Waals surface area contributed by atoms with Gasteiger partial charge in [-0.05, 0) is 29.3 Å². The number of rotatable bonds is 6. The Morgan fingerprint density at radius 3 is 2.34 bits per heavy atom. The van der Waals surface area contributed by atoms with Crippen molar-refractivity contribution in [1.82, 2.24) is 10.2 Å². The van der Waals surface area contributed by atoms with Crippen LogP contribution in [0.2, 0.25) is 0 Å². The van der Waals surface area contributed by atoms with E-state index in [1.165, 1.54) is 0 Å². The van der Waals surface area contributed by atoms with Gasteiger partial charge in [0.25, 0.3) is 5.91 Å². The number of Topliss-reactive ketones (excluding diaryl/α,β-unsaturated/α-hetero) is 1. The van der Waals surface area contributed by atoms with Gasteiger partial charge in [0.05, 0.1) is 6.54 Å². The van der Waals surface area contributed by atoms with E-state index in [9.17, 15) is 14.4 Å². The molecule has 1 saturated heterocycles. The fraction of sp³-hybridized carbons (Fsp3) is 0.160. The molecule has 0 spiro atoms. The van der Waals surface area contributed by atoms with Crippen molar-refractivity contribution >= 4 is 17.7 Å². The summed E-state index contributed by atoms with van der Waals surface area (Å²) in [6.45, 7) is -0.271.